The lowest BCUT2D eigenvalue weighted by molar-refractivity contribution is -0.139. The average molecular weight is 416 g/mol. The summed E-state index contributed by atoms with van der Waals surface area (Å²) in [5.41, 5.74) is 1.14. The van der Waals surface area contributed by atoms with Crippen molar-refractivity contribution in [2.75, 3.05) is 19.7 Å². The monoisotopic (exact) mass is 416 g/mol. The fourth-order valence-corrected chi connectivity index (χ4v) is 3.72. The van der Waals surface area contributed by atoms with Gasteiger partial charge in [0.2, 0.25) is 0 Å². The van der Waals surface area contributed by atoms with E-state index in [0.29, 0.717) is 19.6 Å². The lowest BCUT2D eigenvalue weighted by Crippen LogP contribution is -2.58. The predicted molar refractivity (Wildman–Crippen MR) is 109 cm³/mol. The Hall–Kier alpha value is -2.80. The number of ether oxygens (including phenoxy) is 1. The lowest BCUT2D eigenvalue weighted by atomic mass is 10.1. The van der Waals surface area contributed by atoms with E-state index in [4.69, 9.17) is 4.74 Å². The van der Waals surface area contributed by atoms with Crippen molar-refractivity contribution in [2.45, 2.75) is 39.4 Å². The fourth-order valence-electron chi connectivity index (χ4n) is 3.72. The number of hydrogen-bond donors (Lipinski definition) is 0. The van der Waals surface area contributed by atoms with E-state index in [0.717, 1.165) is 11.6 Å². The molecule has 0 saturated carbocycles. The summed E-state index contributed by atoms with van der Waals surface area (Å²) in [7, 11) is 0. The molecule has 5 nitrogen and oxygen atoms in total. The van der Waals surface area contributed by atoms with Crippen molar-refractivity contribution in [3.8, 4) is 5.75 Å². The molecular weight excluding hydrogens is 390 g/mol. The Morgan fingerprint density at radius 2 is 1.67 bits per heavy atom. The van der Waals surface area contributed by atoms with Gasteiger partial charge in [-0.05, 0) is 56.7 Å². The van der Waals surface area contributed by atoms with E-state index < -0.39 is 5.82 Å². The zero-order valence-corrected chi connectivity index (χ0v) is 17.4. The first-order chi connectivity index (χ1) is 14.2. The van der Waals surface area contributed by atoms with Gasteiger partial charge in [-0.3, -0.25) is 14.5 Å². The maximum absolute atomic E-state index is 13.4. The summed E-state index contributed by atoms with van der Waals surface area (Å²) in [6.45, 7) is 7.02. The molecule has 0 radical (unpaired) electrons. The second-order valence-electron chi connectivity index (χ2n) is 7.79. The number of piperazine rings is 1. The molecule has 1 heterocycles. The largest absolute Gasteiger partial charge is 0.483 e. The van der Waals surface area contributed by atoms with Crippen LogP contribution in [0.25, 0.3) is 0 Å². The van der Waals surface area contributed by atoms with Crippen LogP contribution in [0.4, 0.5) is 8.78 Å². The highest BCUT2D eigenvalue weighted by Crippen LogP contribution is 2.22. The molecule has 0 bridgehead atoms. The van der Waals surface area contributed by atoms with Crippen molar-refractivity contribution in [2.24, 2.45) is 0 Å². The van der Waals surface area contributed by atoms with E-state index in [2.05, 4.69) is 4.90 Å². The maximum Gasteiger partial charge on any atom is 0.260 e. The molecule has 1 amide bonds. The van der Waals surface area contributed by atoms with Gasteiger partial charge in [-0.1, -0.05) is 12.1 Å². The first-order valence-corrected chi connectivity index (χ1v) is 9.96. The van der Waals surface area contributed by atoms with Gasteiger partial charge >= 0.3 is 0 Å². The molecule has 0 aromatic heterocycles. The van der Waals surface area contributed by atoms with Gasteiger partial charge in [0.15, 0.2) is 12.4 Å². The molecule has 0 spiro atoms. The van der Waals surface area contributed by atoms with Gasteiger partial charge in [0.1, 0.15) is 17.4 Å². The van der Waals surface area contributed by atoms with Crippen LogP contribution in [0.5, 0.6) is 5.75 Å². The van der Waals surface area contributed by atoms with E-state index in [9.17, 15) is 18.4 Å². The second-order valence-corrected chi connectivity index (χ2v) is 7.79. The molecule has 160 valence electrons. The SMILES string of the molecule is CC(=O)c1cc(F)ccc1OCC(=O)N1C[C@@H](C)N(Cc2ccc(F)cc2)C[C@@H]1C. The minimum atomic E-state index is -0.529. The van der Waals surface area contributed by atoms with E-state index in [-0.39, 0.29) is 47.5 Å². The molecule has 3 rings (SSSR count). The number of halogens is 2. The standard InChI is InChI=1S/C23H26F2N2O3/c1-15-12-27(16(2)11-26(15)13-18-4-6-19(24)7-5-18)23(29)14-30-22-9-8-20(25)10-21(22)17(3)28/h4-10,15-16H,11-14H2,1-3H3/t15-,16+/m1/s1. The zero-order chi connectivity index (χ0) is 21.8. The Morgan fingerprint density at radius 3 is 2.33 bits per heavy atom. The number of benzene rings is 2. The quantitative estimate of drug-likeness (QED) is 0.675. The Labute approximate surface area is 175 Å². The van der Waals surface area contributed by atoms with Crippen molar-refractivity contribution in [1.29, 1.82) is 0 Å². The van der Waals surface area contributed by atoms with Crippen molar-refractivity contribution >= 4 is 11.7 Å². The lowest BCUT2D eigenvalue weighted by Gasteiger charge is -2.44. The van der Waals surface area contributed by atoms with Crippen LogP contribution in [0.1, 0.15) is 36.7 Å². The van der Waals surface area contributed by atoms with Gasteiger partial charge in [0.25, 0.3) is 5.91 Å². The van der Waals surface area contributed by atoms with Gasteiger partial charge in [0.05, 0.1) is 5.56 Å². The molecule has 2 aromatic carbocycles. The highest BCUT2D eigenvalue weighted by atomic mass is 19.1. The van der Waals surface area contributed by atoms with Gasteiger partial charge < -0.3 is 9.64 Å². The van der Waals surface area contributed by atoms with Gasteiger partial charge in [-0.15, -0.1) is 0 Å². The molecule has 1 aliphatic heterocycles. The van der Waals surface area contributed by atoms with Crippen molar-refractivity contribution in [1.82, 2.24) is 9.80 Å². The molecule has 0 N–H and O–H groups in total. The van der Waals surface area contributed by atoms with Crippen molar-refractivity contribution in [3.63, 3.8) is 0 Å². The van der Waals surface area contributed by atoms with Crippen molar-refractivity contribution in [3.05, 3.63) is 65.2 Å². The Balaban J connectivity index is 1.60. The van der Waals surface area contributed by atoms with Crippen LogP contribution in [0.2, 0.25) is 0 Å². The molecule has 1 saturated heterocycles. The molecule has 1 aliphatic rings. The minimum absolute atomic E-state index is 0.0294. The van der Waals surface area contributed by atoms with E-state index in [1.165, 1.54) is 31.2 Å². The second kappa shape index (κ2) is 9.34. The molecule has 0 aliphatic carbocycles. The maximum atomic E-state index is 13.4. The van der Waals surface area contributed by atoms with Crippen LogP contribution >= 0.6 is 0 Å². The van der Waals surface area contributed by atoms with E-state index in [1.54, 1.807) is 17.0 Å². The van der Waals surface area contributed by atoms with Crippen LogP contribution in [-0.4, -0.2) is 53.3 Å². The van der Waals surface area contributed by atoms with Crippen molar-refractivity contribution < 1.29 is 23.1 Å². The van der Waals surface area contributed by atoms with Gasteiger partial charge in [-0.25, -0.2) is 8.78 Å². The zero-order valence-electron chi connectivity index (χ0n) is 17.4. The molecular formula is C23H26F2N2O3. The molecule has 7 heteroatoms. The number of carbonyl (C=O) groups excluding carboxylic acids is 2. The predicted octanol–water partition coefficient (Wildman–Crippen LogP) is 3.67. The number of Topliss-reactive ketones (excluding diaryl/α,β-unsaturated/α-hetero) is 1. The Kier molecular flexibility index (Phi) is 6.82. The smallest absolute Gasteiger partial charge is 0.260 e. The topological polar surface area (TPSA) is 49.9 Å². The van der Waals surface area contributed by atoms with Crippen LogP contribution in [-0.2, 0) is 11.3 Å². The first-order valence-electron chi connectivity index (χ1n) is 9.96. The Morgan fingerprint density at radius 1 is 1.00 bits per heavy atom. The molecule has 0 unspecified atom stereocenters. The summed E-state index contributed by atoms with van der Waals surface area (Å²) < 4.78 is 32.1. The molecule has 1 fully saturated rings. The summed E-state index contributed by atoms with van der Waals surface area (Å²) in [6.07, 6.45) is 0. The summed E-state index contributed by atoms with van der Waals surface area (Å²) >= 11 is 0. The minimum Gasteiger partial charge on any atom is -0.483 e. The number of carbonyl (C=O) groups is 2. The van der Waals surface area contributed by atoms with E-state index >= 15 is 0 Å². The average Bonchev–Trinajstić information content (AvgIpc) is 2.70. The van der Waals surface area contributed by atoms with Gasteiger partial charge in [0, 0.05) is 31.7 Å². The third-order valence-corrected chi connectivity index (χ3v) is 5.41. The van der Waals surface area contributed by atoms with E-state index in [1.807, 2.05) is 13.8 Å². The number of amides is 1. The Bertz CT molecular complexity index is 917. The van der Waals surface area contributed by atoms with Crippen LogP contribution in [0.3, 0.4) is 0 Å². The summed E-state index contributed by atoms with van der Waals surface area (Å²) in [5.74, 6) is -1.10. The molecule has 2 atom stereocenters. The third kappa shape index (κ3) is 5.21. The normalized spacial score (nSPS) is 19.6. The fraction of sp³-hybridized carbons (Fsp3) is 0.391. The number of nitrogens with zero attached hydrogens (tertiary/aromatic N) is 2. The summed E-state index contributed by atoms with van der Waals surface area (Å²) in [5, 5.41) is 0. The van der Waals surface area contributed by atoms with Crippen LogP contribution in [0, 0.1) is 11.6 Å². The van der Waals surface area contributed by atoms with Crippen LogP contribution < -0.4 is 4.74 Å². The van der Waals surface area contributed by atoms with Crippen LogP contribution in [0.15, 0.2) is 42.5 Å². The molecule has 30 heavy (non-hydrogen) atoms. The molecule has 2 aromatic rings. The first kappa shape index (κ1) is 21.9. The summed E-state index contributed by atoms with van der Waals surface area (Å²) in [4.78, 5) is 28.5. The highest BCUT2D eigenvalue weighted by molar-refractivity contribution is 5.96. The van der Waals surface area contributed by atoms with Gasteiger partial charge in [-0.2, -0.15) is 0 Å². The number of ketones is 1. The number of rotatable bonds is 6. The third-order valence-electron chi connectivity index (χ3n) is 5.41. The highest BCUT2D eigenvalue weighted by Gasteiger charge is 2.32. The summed E-state index contributed by atoms with van der Waals surface area (Å²) in [6, 6.07) is 10.2. The number of hydrogen-bond acceptors (Lipinski definition) is 4.